The highest BCUT2D eigenvalue weighted by atomic mass is 14.9. The number of aromatic nitrogens is 2. The van der Waals surface area contributed by atoms with Crippen molar-refractivity contribution >= 4 is 11.0 Å². The van der Waals surface area contributed by atoms with Gasteiger partial charge in [-0.05, 0) is 36.1 Å². The molecule has 0 bridgehead atoms. The number of hydrogen-bond donors (Lipinski definition) is 1. The van der Waals surface area contributed by atoms with Crippen LogP contribution in [0.5, 0.6) is 0 Å². The van der Waals surface area contributed by atoms with Crippen LogP contribution in [-0.4, -0.2) is 9.97 Å². The highest BCUT2D eigenvalue weighted by Crippen LogP contribution is 2.22. The molecule has 0 atom stereocenters. The van der Waals surface area contributed by atoms with Crippen molar-refractivity contribution in [3.63, 3.8) is 0 Å². The van der Waals surface area contributed by atoms with Gasteiger partial charge in [-0.1, -0.05) is 44.2 Å². The summed E-state index contributed by atoms with van der Waals surface area (Å²) in [5.74, 6) is 0.950. The Labute approximate surface area is 113 Å². The first-order chi connectivity index (χ1) is 9.30. The lowest BCUT2D eigenvalue weighted by atomic mass is 10.1. The van der Waals surface area contributed by atoms with E-state index in [9.17, 15) is 0 Å². The van der Waals surface area contributed by atoms with Gasteiger partial charge in [0, 0.05) is 5.56 Å². The second-order valence-electron chi connectivity index (χ2n) is 4.84. The minimum atomic E-state index is 0.950. The molecule has 0 aliphatic heterocycles. The van der Waals surface area contributed by atoms with Gasteiger partial charge >= 0.3 is 0 Å². The zero-order chi connectivity index (χ0) is 13.2. The van der Waals surface area contributed by atoms with E-state index in [2.05, 4.69) is 66.3 Å². The number of hydrogen-bond acceptors (Lipinski definition) is 1. The third-order valence-electron chi connectivity index (χ3n) is 3.59. The molecule has 0 saturated carbocycles. The van der Waals surface area contributed by atoms with Gasteiger partial charge in [0.05, 0.1) is 11.0 Å². The second kappa shape index (κ2) is 4.88. The summed E-state index contributed by atoms with van der Waals surface area (Å²) < 4.78 is 0. The lowest BCUT2D eigenvalue weighted by Gasteiger charge is -1.98. The molecule has 0 amide bonds. The summed E-state index contributed by atoms with van der Waals surface area (Å²) in [5, 5.41) is 0. The molecule has 0 spiro atoms. The molecule has 2 aromatic carbocycles. The summed E-state index contributed by atoms with van der Waals surface area (Å²) in [6.07, 6.45) is 2.12. The summed E-state index contributed by atoms with van der Waals surface area (Å²) in [6, 6.07) is 15.0. The SMILES string of the molecule is CCc1ccc(-c2nc3ccc(CC)cc3[nH]2)cc1. The maximum absolute atomic E-state index is 4.66. The van der Waals surface area contributed by atoms with Crippen molar-refractivity contribution in [3.8, 4) is 11.4 Å². The topological polar surface area (TPSA) is 28.7 Å². The average molecular weight is 250 g/mol. The first kappa shape index (κ1) is 12.0. The van der Waals surface area contributed by atoms with E-state index in [-0.39, 0.29) is 0 Å². The zero-order valence-electron chi connectivity index (χ0n) is 11.4. The summed E-state index contributed by atoms with van der Waals surface area (Å²) in [6.45, 7) is 4.34. The molecule has 3 rings (SSSR count). The molecular formula is C17H18N2. The van der Waals surface area contributed by atoms with Gasteiger partial charge in [0.1, 0.15) is 5.82 Å². The molecule has 0 fully saturated rings. The predicted molar refractivity (Wildman–Crippen MR) is 80.3 cm³/mol. The Morgan fingerprint density at radius 2 is 1.58 bits per heavy atom. The Morgan fingerprint density at radius 1 is 0.895 bits per heavy atom. The normalized spacial score (nSPS) is 11.1. The number of aromatic amines is 1. The molecule has 1 heterocycles. The third-order valence-corrected chi connectivity index (χ3v) is 3.59. The maximum atomic E-state index is 4.66. The van der Waals surface area contributed by atoms with Gasteiger partial charge in [0.25, 0.3) is 0 Å². The Morgan fingerprint density at radius 3 is 2.26 bits per heavy atom. The highest BCUT2D eigenvalue weighted by molar-refractivity contribution is 5.80. The largest absolute Gasteiger partial charge is 0.338 e. The number of aryl methyl sites for hydroxylation is 2. The fraction of sp³-hybridized carbons (Fsp3) is 0.235. The number of fused-ring (bicyclic) bond motifs is 1. The molecule has 3 aromatic rings. The molecule has 19 heavy (non-hydrogen) atoms. The molecule has 1 aromatic heterocycles. The van der Waals surface area contributed by atoms with Gasteiger partial charge in [-0.2, -0.15) is 0 Å². The fourth-order valence-corrected chi connectivity index (χ4v) is 2.31. The van der Waals surface area contributed by atoms with Crippen LogP contribution >= 0.6 is 0 Å². The molecule has 0 radical (unpaired) electrons. The van der Waals surface area contributed by atoms with Crippen molar-refractivity contribution in [2.24, 2.45) is 0 Å². The van der Waals surface area contributed by atoms with Crippen molar-refractivity contribution in [1.82, 2.24) is 9.97 Å². The molecule has 96 valence electrons. The number of rotatable bonds is 3. The zero-order valence-corrected chi connectivity index (χ0v) is 11.4. The Kier molecular flexibility index (Phi) is 3.08. The van der Waals surface area contributed by atoms with Crippen molar-refractivity contribution in [3.05, 3.63) is 53.6 Å². The fourth-order valence-electron chi connectivity index (χ4n) is 2.31. The van der Waals surface area contributed by atoms with E-state index in [0.717, 1.165) is 35.3 Å². The van der Waals surface area contributed by atoms with Gasteiger partial charge in [0.2, 0.25) is 0 Å². The van der Waals surface area contributed by atoms with Crippen molar-refractivity contribution in [2.45, 2.75) is 26.7 Å². The smallest absolute Gasteiger partial charge is 0.138 e. The Hall–Kier alpha value is -2.09. The number of imidazole rings is 1. The first-order valence-corrected chi connectivity index (χ1v) is 6.88. The summed E-state index contributed by atoms with van der Waals surface area (Å²) in [5.41, 5.74) is 5.99. The molecule has 0 saturated heterocycles. The van der Waals surface area contributed by atoms with Crippen LogP contribution in [0.15, 0.2) is 42.5 Å². The van der Waals surface area contributed by atoms with E-state index in [1.165, 1.54) is 11.1 Å². The van der Waals surface area contributed by atoms with Crippen molar-refractivity contribution in [2.75, 3.05) is 0 Å². The molecular weight excluding hydrogens is 232 g/mol. The minimum absolute atomic E-state index is 0.950. The van der Waals surface area contributed by atoms with Gasteiger partial charge in [-0.25, -0.2) is 4.98 Å². The monoisotopic (exact) mass is 250 g/mol. The number of benzene rings is 2. The van der Waals surface area contributed by atoms with E-state index in [4.69, 9.17) is 0 Å². The van der Waals surface area contributed by atoms with Crippen molar-refractivity contribution in [1.29, 1.82) is 0 Å². The van der Waals surface area contributed by atoms with Crippen LogP contribution in [-0.2, 0) is 12.8 Å². The van der Waals surface area contributed by atoms with Crippen LogP contribution in [0.4, 0.5) is 0 Å². The first-order valence-electron chi connectivity index (χ1n) is 6.88. The van der Waals surface area contributed by atoms with Crippen LogP contribution in [0.25, 0.3) is 22.4 Å². The second-order valence-corrected chi connectivity index (χ2v) is 4.84. The van der Waals surface area contributed by atoms with Gasteiger partial charge in [-0.15, -0.1) is 0 Å². The summed E-state index contributed by atoms with van der Waals surface area (Å²) in [4.78, 5) is 8.07. The van der Waals surface area contributed by atoms with Gasteiger partial charge in [-0.3, -0.25) is 0 Å². The standard InChI is InChI=1S/C17H18N2/c1-3-12-5-8-14(9-6-12)17-18-15-10-7-13(4-2)11-16(15)19-17/h5-11H,3-4H2,1-2H3,(H,18,19). The van der Waals surface area contributed by atoms with Gasteiger partial charge < -0.3 is 4.98 Å². The van der Waals surface area contributed by atoms with Crippen LogP contribution < -0.4 is 0 Å². The molecule has 0 aliphatic carbocycles. The number of nitrogens with one attached hydrogen (secondary N) is 1. The number of nitrogens with zero attached hydrogens (tertiary/aromatic N) is 1. The third kappa shape index (κ3) is 2.26. The average Bonchev–Trinajstić information content (AvgIpc) is 2.90. The lowest BCUT2D eigenvalue weighted by molar-refractivity contribution is 1.14. The molecule has 0 aliphatic rings. The molecule has 1 N–H and O–H groups in total. The van der Waals surface area contributed by atoms with E-state index in [1.807, 2.05) is 0 Å². The molecule has 2 heteroatoms. The van der Waals surface area contributed by atoms with E-state index < -0.39 is 0 Å². The van der Waals surface area contributed by atoms with Crippen LogP contribution in [0.2, 0.25) is 0 Å². The van der Waals surface area contributed by atoms with Crippen LogP contribution in [0.3, 0.4) is 0 Å². The minimum Gasteiger partial charge on any atom is -0.338 e. The summed E-state index contributed by atoms with van der Waals surface area (Å²) in [7, 11) is 0. The maximum Gasteiger partial charge on any atom is 0.138 e. The number of H-pyrrole nitrogens is 1. The lowest BCUT2D eigenvalue weighted by Crippen LogP contribution is -1.82. The predicted octanol–water partition coefficient (Wildman–Crippen LogP) is 4.35. The van der Waals surface area contributed by atoms with Crippen molar-refractivity contribution < 1.29 is 0 Å². The van der Waals surface area contributed by atoms with E-state index >= 15 is 0 Å². The Bertz CT molecular complexity index is 693. The molecule has 0 unspecified atom stereocenters. The Balaban J connectivity index is 2.04. The highest BCUT2D eigenvalue weighted by Gasteiger charge is 2.05. The van der Waals surface area contributed by atoms with Gasteiger partial charge in [0.15, 0.2) is 0 Å². The van der Waals surface area contributed by atoms with E-state index in [1.54, 1.807) is 0 Å². The van der Waals surface area contributed by atoms with Crippen LogP contribution in [0.1, 0.15) is 25.0 Å². The quantitative estimate of drug-likeness (QED) is 0.735. The van der Waals surface area contributed by atoms with Crippen LogP contribution in [0, 0.1) is 0 Å². The summed E-state index contributed by atoms with van der Waals surface area (Å²) >= 11 is 0. The van der Waals surface area contributed by atoms with E-state index in [0.29, 0.717) is 0 Å². The molecule has 2 nitrogen and oxygen atoms in total.